The molecule has 0 atom stereocenters. The molecule has 0 aliphatic carbocycles. The largest absolute Gasteiger partial charge is 0.379 e. The van der Waals surface area contributed by atoms with Gasteiger partial charge < -0.3 is 10.7 Å². The van der Waals surface area contributed by atoms with E-state index in [1.54, 1.807) is 12.5 Å². The minimum absolute atomic E-state index is 0. The number of amidine groups is 1. The number of hydrogen-bond donors (Lipinski definition) is 3. The number of nitrogens with two attached hydrogens (primary N) is 1. The van der Waals surface area contributed by atoms with Crippen LogP contribution in [0.25, 0.3) is 0 Å². The maximum atomic E-state index is 6.94. The Bertz CT molecular complexity index is 227. The fourth-order valence-corrected chi connectivity index (χ4v) is 1.23. The van der Waals surface area contributed by atoms with E-state index in [4.69, 9.17) is 11.1 Å². The monoisotopic (exact) mass is 242 g/mol. The number of imidazole rings is 1. The van der Waals surface area contributed by atoms with Crippen molar-refractivity contribution in [3.8, 4) is 0 Å². The second-order valence-corrected chi connectivity index (χ2v) is 3.18. The van der Waals surface area contributed by atoms with Gasteiger partial charge in [0.15, 0.2) is 5.17 Å². The summed E-state index contributed by atoms with van der Waals surface area (Å²) < 4.78 is 0. The van der Waals surface area contributed by atoms with Crippen molar-refractivity contribution in [3.05, 3.63) is 18.2 Å². The van der Waals surface area contributed by atoms with Gasteiger partial charge in [0.2, 0.25) is 0 Å². The molecule has 76 valence electrons. The number of aromatic amines is 1. The molecule has 0 aromatic carbocycles. The van der Waals surface area contributed by atoms with Gasteiger partial charge in [-0.05, 0) is 6.42 Å². The van der Waals surface area contributed by atoms with Crippen molar-refractivity contribution in [3.63, 3.8) is 0 Å². The van der Waals surface area contributed by atoms with Crippen LogP contribution in [0.2, 0.25) is 0 Å². The van der Waals surface area contributed by atoms with E-state index in [0.717, 1.165) is 17.9 Å². The van der Waals surface area contributed by atoms with Gasteiger partial charge in [-0.15, -0.1) is 24.8 Å². The smallest absolute Gasteiger partial charge is 0.151 e. The third kappa shape index (κ3) is 6.74. The number of H-pyrrole nitrogens is 1. The number of thioether (sulfide) groups is 1. The lowest BCUT2D eigenvalue weighted by atomic mass is 10.4. The van der Waals surface area contributed by atoms with Gasteiger partial charge in [0.05, 0.1) is 6.33 Å². The summed E-state index contributed by atoms with van der Waals surface area (Å²) in [4.78, 5) is 6.85. The van der Waals surface area contributed by atoms with Crippen LogP contribution in [0, 0.1) is 5.41 Å². The van der Waals surface area contributed by atoms with Gasteiger partial charge in [0.25, 0.3) is 0 Å². The molecule has 0 bridgehead atoms. The van der Waals surface area contributed by atoms with Crippen molar-refractivity contribution in [2.75, 3.05) is 5.75 Å². The zero-order valence-corrected chi connectivity index (χ0v) is 9.27. The minimum atomic E-state index is 0. The van der Waals surface area contributed by atoms with Gasteiger partial charge in [-0.25, -0.2) is 4.98 Å². The lowest BCUT2D eigenvalue weighted by molar-refractivity contribution is 1.08. The summed E-state index contributed by atoms with van der Waals surface area (Å²) in [6.45, 7) is 0. The summed E-state index contributed by atoms with van der Waals surface area (Å²) in [6, 6.07) is 0. The lowest BCUT2D eigenvalue weighted by Crippen LogP contribution is -2.05. The lowest BCUT2D eigenvalue weighted by Gasteiger charge is -1.95. The highest BCUT2D eigenvalue weighted by molar-refractivity contribution is 8.13. The van der Waals surface area contributed by atoms with Crippen molar-refractivity contribution < 1.29 is 0 Å². The quantitative estimate of drug-likeness (QED) is 0.555. The molecule has 4 N–H and O–H groups in total. The molecular weight excluding hydrogens is 231 g/mol. The van der Waals surface area contributed by atoms with Gasteiger partial charge in [-0.2, -0.15) is 0 Å². The van der Waals surface area contributed by atoms with E-state index >= 15 is 0 Å². The van der Waals surface area contributed by atoms with Crippen LogP contribution in [0.1, 0.15) is 5.69 Å². The normalized spacial score (nSPS) is 8.31. The Balaban J connectivity index is 0. The number of aromatic nitrogens is 2. The molecule has 0 fully saturated rings. The fraction of sp³-hybridized carbons (Fsp3) is 0.333. The molecule has 4 nitrogen and oxygen atoms in total. The van der Waals surface area contributed by atoms with E-state index in [-0.39, 0.29) is 30.0 Å². The van der Waals surface area contributed by atoms with Crippen molar-refractivity contribution in [2.24, 2.45) is 5.73 Å². The van der Waals surface area contributed by atoms with Gasteiger partial charge in [0, 0.05) is 17.6 Å². The van der Waals surface area contributed by atoms with Gasteiger partial charge in [0.1, 0.15) is 0 Å². The molecule has 0 amide bonds. The molecule has 0 spiro atoms. The summed E-state index contributed by atoms with van der Waals surface area (Å²) in [7, 11) is 0. The molecule has 0 radical (unpaired) electrons. The predicted octanol–water partition coefficient (Wildman–Crippen LogP) is 1.42. The molecule has 0 saturated heterocycles. The third-order valence-corrected chi connectivity index (χ3v) is 1.90. The minimum Gasteiger partial charge on any atom is -0.379 e. The van der Waals surface area contributed by atoms with Crippen molar-refractivity contribution >= 4 is 41.7 Å². The molecule has 0 aliphatic heterocycles. The third-order valence-electron chi connectivity index (χ3n) is 1.18. The number of nitrogens with one attached hydrogen (secondary N) is 2. The Labute approximate surface area is 93.4 Å². The SMILES string of the molecule is Cl.Cl.N=C(N)SCCc1cnc[nH]1. The zero-order valence-electron chi connectivity index (χ0n) is 6.82. The molecule has 1 rings (SSSR count). The van der Waals surface area contributed by atoms with Gasteiger partial charge >= 0.3 is 0 Å². The molecular formula is C6H12Cl2N4S. The first-order chi connectivity index (χ1) is 5.29. The van der Waals surface area contributed by atoms with Crippen LogP contribution in [0.3, 0.4) is 0 Å². The maximum Gasteiger partial charge on any atom is 0.151 e. The van der Waals surface area contributed by atoms with E-state index in [1.165, 1.54) is 11.8 Å². The summed E-state index contributed by atoms with van der Waals surface area (Å²) in [5, 5.41) is 7.11. The molecule has 13 heavy (non-hydrogen) atoms. The van der Waals surface area contributed by atoms with Crippen LogP contribution in [-0.2, 0) is 6.42 Å². The van der Waals surface area contributed by atoms with E-state index < -0.39 is 0 Å². The topological polar surface area (TPSA) is 78.6 Å². The van der Waals surface area contributed by atoms with Crippen molar-refractivity contribution in [1.82, 2.24) is 9.97 Å². The highest BCUT2D eigenvalue weighted by atomic mass is 35.5. The summed E-state index contributed by atoms with van der Waals surface area (Å²) in [5.74, 6) is 0.831. The first-order valence-electron chi connectivity index (χ1n) is 3.23. The average molecular weight is 243 g/mol. The van der Waals surface area contributed by atoms with Crippen LogP contribution in [-0.4, -0.2) is 20.9 Å². The van der Waals surface area contributed by atoms with E-state index in [0.29, 0.717) is 0 Å². The Hall–Kier alpha value is -0.390. The number of halogens is 2. The second kappa shape index (κ2) is 8.22. The Kier molecular flexibility index (Phi) is 9.55. The fourth-order valence-electron chi connectivity index (χ4n) is 0.692. The van der Waals surface area contributed by atoms with Crippen LogP contribution < -0.4 is 5.73 Å². The zero-order chi connectivity index (χ0) is 8.10. The molecule has 0 unspecified atom stereocenters. The number of rotatable bonds is 3. The van der Waals surface area contributed by atoms with E-state index in [1.807, 2.05) is 0 Å². The van der Waals surface area contributed by atoms with Crippen LogP contribution >= 0.6 is 36.6 Å². The first kappa shape index (κ1) is 15.1. The predicted molar refractivity (Wildman–Crippen MR) is 61.2 cm³/mol. The molecule has 1 aromatic heterocycles. The first-order valence-corrected chi connectivity index (χ1v) is 4.21. The van der Waals surface area contributed by atoms with Crippen molar-refractivity contribution in [1.29, 1.82) is 5.41 Å². The number of nitrogens with zero attached hydrogens (tertiary/aromatic N) is 1. The number of hydrogen-bond acceptors (Lipinski definition) is 3. The molecule has 7 heteroatoms. The highest BCUT2D eigenvalue weighted by Crippen LogP contribution is 2.02. The summed E-state index contributed by atoms with van der Waals surface area (Å²) in [6.07, 6.45) is 4.30. The van der Waals surface area contributed by atoms with Crippen molar-refractivity contribution in [2.45, 2.75) is 6.42 Å². The molecule has 1 aromatic rings. The molecule has 0 aliphatic rings. The van der Waals surface area contributed by atoms with Gasteiger partial charge in [-0.3, -0.25) is 5.41 Å². The average Bonchev–Trinajstić information content (AvgIpc) is 2.39. The Morgan fingerprint density at radius 1 is 1.62 bits per heavy atom. The standard InChI is InChI=1S/C6H10N4S.2ClH/c7-6(8)11-2-1-5-3-9-4-10-5;;/h3-4H,1-2H2,(H3,7,8)(H,9,10);2*1H. The van der Waals surface area contributed by atoms with Crippen LogP contribution in [0.4, 0.5) is 0 Å². The van der Waals surface area contributed by atoms with Crippen LogP contribution in [0.5, 0.6) is 0 Å². The van der Waals surface area contributed by atoms with E-state index in [2.05, 4.69) is 9.97 Å². The number of aryl methyl sites for hydroxylation is 1. The van der Waals surface area contributed by atoms with Gasteiger partial charge in [-0.1, -0.05) is 11.8 Å². The maximum absolute atomic E-state index is 6.94. The second-order valence-electron chi connectivity index (χ2n) is 2.04. The molecule has 1 heterocycles. The molecule has 0 saturated carbocycles. The van der Waals surface area contributed by atoms with Crippen LogP contribution in [0.15, 0.2) is 12.5 Å². The van der Waals surface area contributed by atoms with E-state index in [9.17, 15) is 0 Å². The summed E-state index contributed by atoms with van der Waals surface area (Å²) in [5.41, 5.74) is 6.23. The Morgan fingerprint density at radius 2 is 2.31 bits per heavy atom. The highest BCUT2D eigenvalue weighted by Gasteiger charge is 1.94. The Morgan fingerprint density at radius 3 is 2.77 bits per heavy atom. The summed E-state index contributed by atoms with van der Waals surface area (Å²) >= 11 is 1.34.